The molecule has 1 aromatic carbocycles. The van der Waals surface area contributed by atoms with Crippen LogP contribution in [0.15, 0.2) is 18.2 Å². The summed E-state index contributed by atoms with van der Waals surface area (Å²) < 4.78 is 0. The van der Waals surface area contributed by atoms with Crippen LogP contribution in [-0.2, 0) is 4.79 Å². The maximum Gasteiger partial charge on any atom is 0.205 e. The highest BCUT2D eigenvalue weighted by Crippen LogP contribution is 2.35. The minimum atomic E-state index is -1.57. The van der Waals surface area contributed by atoms with Crippen LogP contribution in [-0.4, -0.2) is 22.8 Å². The van der Waals surface area contributed by atoms with E-state index in [2.05, 4.69) is 0 Å². The van der Waals surface area contributed by atoms with Gasteiger partial charge in [0.25, 0.3) is 0 Å². The summed E-state index contributed by atoms with van der Waals surface area (Å²) in [5.41, 5.74) is 1.03. The minimum absolute atomic E-state index is 0.344. The van der Waals surface area contributed by atoms with Gasteiger partial charge >= 0.3 is 0 Å². The molecule has 2 atom stereocenters. The van der Waals surface area contributed by atoms with E-state index in [1.54, 1.807) is 12.1 Å². The number of carbonyl (C=O) groups is 1. The molecule has 0 bridgehead atoms. The van der Waals surface area contributed by atoms with Gasteiger partial charge in [-0.3, -0.25) is 9.59 Å². The van der Waals surface area contributed by atoms with E-state index in [-0.39, 0.29) is 5.78 Å². The molecule has 1 saturated carbocycles. The van der Waals surface area contributed by atoms with E-state index in [1.165, 1.54) is 0 Å². The van der Waals surface area contributed by atoms with Crippen LogP contribution in [0.1, 0.15) is 47.2 Å². The van der Waals surface area contributed by atoms with E-state index in [1.807, 2.05) is 26.2 Å². The highest BCUT2D eigenvalue weighted by Gasteiger charge is 2.45. The maximum absolute atomic E-state index is 12.5. The molecule has 1 aliphatic rings. The lowest BCUT2D eigenvalue weighted by Crippen LogP contribution is -2.48. The fraction of sp³-hybridized carbons (Fsp3) is 0.500. The first kappa shape index (κ1) is 13.9. The Balaban J connectivity index is 2.35. The van der Waals surface area contributed by atoms with Crippen molar-refractivity contribution >= 4 is 12.1 Å². The number of rotatable bonds is 3. The van der Waals surface area contributed by atoms with Crippen molar-refractivity contribution in [1.82, 2.24) is 0 Å². The van der Waals surface area contributed by atoms with Crippen molar-refractivity contribution in [3.8, 4) is 0 Å². The molecule has 3 nitrogen and oxygen atoms in total. The molecular weight excluding hydrogens is 240 g/mol. The Labute approximate surface area is 113 Å². The Bertz CT molecular complexity index is 507. The van der Waals surface area contributed by atoms with Crippen LogP contribution in [0.5, 0.6) is 0 Å². The first-order valence-electron chi connectivity index (χ1n) is 6.71. The van der Waals surface area contributed by atoms with Crippen molar-refractivity contribution < 1.29 is 14.7 Å². The van der Waals surface area contributed by atoms with Gasteiger partial charge < -0.3 is 5.11 Å². The van der Waals surface area contributed by atoms with E-state index in [9.17, 15) is 14.7 Å². The van der Waals surface area contributed by atoms with Gasteiger partial charge in [0, 0.05) is 5.56 Å². The SMILES string of the molecule is Cc1ccc(C(=O)C2(O)CCCCC2[C]=O)cc1C. The molecule has 1 aromatic rings. The summed E-state index contributed by atoms with van der Waals surface area (Å²) in [7, 11) is 0. The van der Waals surface area contributed by atoms with Crippen LogP contribution >= 0.6 is 0 Å². The van der Waals surface area contributed by atoms with Crippen LogP contribution in [0.2, 0.25) is 0 Å². The smallest absolute Gasteiger partial charge is 0.205 e. The summed E-state index contributed by atoms with van der Waals surface area (Å²) in [5, 5.41) is 10.6. The Kier molecular flexibility index (Phi) is 3.85. The van der Waals surface area contributed by atoms with E-state index >= 15 is 0 Å². The molecule has 0 aromatic heterocycles. The van der Waals surface area contributed by atoms with Crippen molar-refractivity contribution in [3.05, 3.63) is 34.9 Å². The molecule has 1 aliphatic carbocycles. The monoisotopic (exact) mass is 259 g/mol. The van der Waals surface area contributed by atoms with Crippen LogP contribution in [0.3, 0.4) is 0 Å². The number of aryl methyl sites for hydroxylation is 2. The first-order chi connectivity index (χ1) is 8.99. The van der Waals surface area contributed by atoms with Crippen molar-refractivity contribution in [2.75, 3.05) is 0 Å². The molecule has 101 valence electrons. The quantitative estimate of drug-likeness (QED) is 0.849. The topological polar surface area (TPSA) is 54.4 Å². The third kappa shape index (κ3) is 2.47. The Morgan fingerprint density at radius 3 is 2.68 bits per heavy atom. The molecule has 0 spiro atoms. The highest BCUT2D eigenvalue weighted by molar-refractivity contribution is 6.04. The number of benzene rings is 1. The number of hydrogen-bond donors (Lipinski definition) is 1. The summed E-state index contributed by atoms with van der Waals surface area (Å²) >= 11 is 0. The second-order valence-corrected chi connectivity index (χ2v) is 5.47. The van der Waals surface area contributed by atoms with Gasteiger partial charge in [0.2, 0.25) is 6.29 Å². The average molecular weight is 259 g/mol. The van der Waals surface area contributed by atoms with Gasteiger partial charge in [-0.1, -0.05) is 25.0 Å². The van der Waals surface area contributed by atoms with Crippen molar-refractivity contribution in [3.63, 3.8) is 0 Å². The normalized spacial score (nSPS) is 27.0. The largest absolute Gasteiger partial charge is 0.381 e. The zero-order chi connectivity index (χ0) is 14.0. The standard InChI is InChI=1S/C16H19O3/c1-11-6-7-13(9-12(11)2)15(18)16(19)8-4-3-5-14(16)10-17/h6-7,9,14,19H,3-5,8H2,1-2H3. The van der Waals surface area contributed by atoms with E-state index in [0.29, 0.717) is 18.4 Å². The minimum Gasteiger partial charge on any atom is -0.381 e. The van der Waals surface area contributed by atoms with Gasteiger partial charge in [0.1, 0.15) is 5.60 Å². The number of carbonyl (C=O) groups excluding carboxylic acids is 2. The predicted molar refractivity (Wildman–Crippen MR) is 72.8 cm³/mol. The van der Waals surface area contributed by atoms with Gasteiger partial charge in [0.15, 0.2) is 5.78 Å². The highest BCUT2D eigenvalue weighted by atomic mass is 16.3. The second kappa shape index (κ2) is 5.25. The Morgan fingerprint density at radius 1 is 1.32 bits per heavy atom. The molecule has 0 saturated heterocycles. The molecule has 1 radical (unpaired) electrons. The third-order valence-corrected chi connectivity index (χ3v) is 4.18. The zero-order valence-corrected chi connectivity index (χ0v) is 11.4. The zero-order valence-electron chi connectivity index (χ0n) is 11.4. The van der Waals surface area contributed by atoms with Crippen LogP contribution < -0.4 is 0 Å². The fourth-order valence-electron chi connectivity index (χ4n) is 2.72. The lowest BCUT2D eigenvalue weighted by atomic mass is 9.72. The summed E-state index contributed by atoms with van der Waals surface area (Å²) in [6.45, 7) is 3.90. The van der Waals surface area contributed by atoms with Crippen molar-refractivity contribution in [2.24, 2.45) is 5.92 Å². The van der Waals surface area contributed by atoms with E-state index in [4.69, 9.17) is 0 Å². The van der Waals surface area contributed by atoms with Crippen molar-refractivity contribution in [1.29, 1.82) is 0 Å². The molecule has 2 rings (SSSR count). The van der Waals surface area contributed by atoms with Crippen molar-refractivity contribution in [2.45, 2.75) is 45.1 Å². The fourth-order valence-corrected chi connectivity index (χ4v) is 2.72. The molecule has 0 aliphatic heterocycles. The van der Waals surface area contributed by atoms with Gasteiger partial charge in [-0.15, -0.1) is 0 Å². The molecule has 0 heterocycles. The van der Waals surface area contributed by atoms with Gasteiger partial charge in [-0.2, -0.15) is 0 Å². The number of Topliss-reactive ketones (excluding diaryl/α,β-unsaturated/α-hetero) is 1. The number of ketones is 1. The number of hydrogen-bond acceptors (Lipinski definition) is 3. The van der Waals surface area contributed by atoms with E-state index < -0.39 is 11.5 Å². The molecule has 19 heavy (non-hydrogen) atoms. The molecule has 0 amide bonds. The number of aliphatic hydroxyl groups is 1. The summed E-state index contributed by atoms with van der Waals surface area (Å²) in [5.74, 6) is -1.04. The van der Waals surface area contributed by atoms with Crippen LogP contribution in [0, 0.1) is 19.8 Å². The average Bonchev–Trinajstić information content (AvgIpc) is 2.41. The summed E-state index contributed by atoms with van der Waals surface area (Å²) in [6.07, 6.45) is 4.37. The molecule has 1 fully saturated rings. The van der Waals surface area contributed by atoms with E-state index in [0.717, 1.165) is 24.0 Å². The Hall–Kier alpha value is -1.48. The van der Waals surface area contributed by atoms with Gasteiger partial charge in [-0.05, 0) is 43.9 Å². The maximum atomic E-state index is 12.5. The Morgan fingerprint density at radius 2 is 2.05 bits per heavy atom. The molecule has 1 N–H and O–H groups in total. The lowest BCUT2D eigenvalue weighted by molar-refractivity contribution is -0.00640. The van der Waals surface area contributed by atoms with Crippen LogP contribution in [0.25, 0.3) is 0 Å². The molecule has 3 heteroatoms. The summed E-state index contributed by atoms with van der Waals surface area (Å²) in [6, 6.07) is 5.37. The molecule has 2 unspecified atom stereocenters. The molecular formula is C16H19O3. The third-order valence-electron chi connectivity index (χ3n) is 4.18. The van der Waals surface area contributed by atoms with Gasteiger partial charge in [0.05, 0.1) is 5.92 Å². The summed E-state index contributed by atoms with van der Waals surface area (Å²) in [4.78, 5) is 23.5. The van der Waals surface area contributed by atoms with Crippen LogP contribution in [0.4, 0.5) is 0 Å². The second-order valence-electron chi connectivity index (χ2n) is 5.47. The lowest BCUT2D eigenvalue weighted by Gasteiger charge is -2.35. The van der Waals surface area contributed by atoms with Gasteiger partial charge in [-0.25, -0.2) is 0 Å². The predicted octanol–water partition coefficient (Wildman–Crippen LogP) is 2.52. The first-order valence-corrected chi connectivity index (χ1v) is 6.71.